The van der Waals surface area contributed by atoms with Crippen molar-refractivity contribution in [1.29, 1.82) is 0 Å². The maximum atomic E-state index is 13.8. The lowest BCUT2D eigenvalue weighted by atomic mass is 10.2. The van der Waals surface area contributed by atoms with E-state index in [0.29, 0.717) is 10.0 Å². The molecule has 2 heterocycles. The monoisotopic (exact) mass is 364 g/mol. The fourth-order valence-corrected chi connectivity index (χ4v) is 2.46. The van der Waals surface area contributed by atoms with E-state index < -0.39 is 11.8 Å². The molecule has 2 aromatic heterocycles. The molecule has 9 heteroatoms. The lowest BCUT2D eigenvalue weighted by Gasteiger charge is -2.10. The van der Waals surface area contributed by atoms with Gasteiger partial charge in [-0.25, -0.2) is 14.2 Å². The minimum absolute atomic E-state index is 0.109. The quantitative estimate of drug-likeness (QED) is 0.693. The van der Waals surface area contributed by atoms with Crippen molar-refractivity contribution < 1.29 is 13.9 Å². The van der Waals surface area contributed by atoms with Crippen molar-refractivity contribution in [3.63, 3.8) is 0 Å². The molecule has 0 bridgehead atoms. The number of carbonyl (C=O) groups excluding carboxylic acids is 1. The number of benzene rings is 1. The molecule has 0 unspecified atom stereocenters. The summed E-state index contributed by atoms with van der Waals surface area (Å²) in [5, 5.41) is 6.55. The lowest BCUT2D eigenvalue weighted by molar-refractivity contribution is 0.0468. The third-order valence-electron chi connectivity index (χ3n) is 3.00. The molecule has 0 aliphatic rings. The summed E-state index contributed by atoms with van der Waals surface area (Å²) < 4.78 is 22.9. The van der Waals surface area contributed by atoms with E-state index in [1.807, 2.05) is 0 Å². The van der Waals surface area contributed by atoms with Gasteiger partial charge in [-0.05, 0) is 24.3 Å². The first-order valence-electron chi connectivity index (χ1n) is 6.75. The minimum atomic E-state index is -0.633. The van der Waals surface area contributed by atoms with E-state index in [0.717, 1.165) is 11.5 Å². The van der Waals surface area contributed by atoms with E-state index in [1.165, 1.54) is 18.3 Å². The number of nitrogens with one attached hydrogen (secondary N) is 1. The van der Waals surface area contributed by atoms with Gasteiger partial charge in [0.25, 0.3) is 0 Å². The van der Waals surface area contributed by atoms with E-state index in [4.69, 9.17) is 16.3 Å². The smallest absolute Gasteiger partial charge is 0.342 e. The minimum Gasteiger partial charge on any atom is -0.455 e. The molecule has 0 fully saturated rings. The number of hydrogen-bond acceptors (Lipinski definition) is 7. The van der Waals surface area contributed by atoms with Crippen LogP contribution in [0.15, 0.2) is 42.6 Å². The van der Waals surface area contributed by atoms with Crippen LogP contribution in [0.1, 0.15) is 16.1 Å². The summed E-state index contributed by atoms with van der Waals surface area (Å²) in [4.78, 5) is 16.3. The van der Waals surface area contributed by atoms with Crippen molar-refractivity contribution in [3.05, 3.63) is 64.0 Å². The normalized spacial score (nSPS) is 10.4. The number of pyridine rings is 1. The maximum absolute atomic E-state index is 13.8. The van der Waals surface area contributed by atoms with Gasteiger partial charge in [-0.2, -0.15) is 0 Å². The van der Waals surface area contributed by atoms with E-state index in [9.17, 15) is 9.18 Å². The second-order valence-electron chi connectivity index (χ2n) is 4.57. The van der Waals surface area contributed by atoms with Gasteiger partial charge in [0.1, 0.15) is 33.8 Å². The summed E-state index contributed by atoms with van der Waals surface area (Å²) in [5.41, 5.74) is 0.750. The Morgan fingerprint density at radius 3 is 2.88 bits per heavy atom. The Labute approximate surface area is 145 Å². The zero-order valence-corrected chi connectivity index (χ0v) is 13.6. The predicted octanol–water partition coefficient (Wildman–Crippen LogP) is 3.83. The molecule has 0 spiro atoms. The summed E-state index contributed by atoms with van der Waals surface area (Å²) >= 11 is 6.87. The predicted molar refractivity (Wildman–Crippen MR) is 88.0 cm³/mol. The summed E-state index contributed by atoms with van der Waals surface area (Å²) in [6, 6.07) is 9.20. The Morgan fingerprint density at radius 1 is 1.29 bits per heavy atom. The van der Waals surface area contributed by atoms with E-state index in [1.54, 1.807) is 24.3 Å². The van der Waals surface area contributed by atoms with Crippen LogP contribution in [0.5, 0.6) is 0 Å². The van der Waals surface area contributed by atoms with Gasteiger partial charge >= 0.3 is 5.97 Å². The fourth-order valence-electron chi connectivity index (χ4n) is 1.85. The third-order valence-corrected chi connectivity index (χ3v) is 3.99. The molecule has 0 aliphatic carbocycles. The lowest BCUT2D eigenvalue weighted by Crippen LogP contribution is -2.10. The van der Waals surface area contributed by atoms with E-state index in [2.05, 4.69) is 19.9 Å². The molecule has 0 saturated carbocycles. The highest BCUT2D eigenvalue weighted by atomic mass is 35.5. The van der Waals surface area contributed by atoms with Gasteiger partial charge in [0.05, 0.1) is 5.69 Å². The molecular weight excluding hydrogens is 355 g/mol. The van der Waals surface area contributed by atoms with Gasteiger partial charge in [-0.3, -0.25) is 0 Å². The first kappa shape index (κ1) is 16.3. The number of carbonyl (C=O) groups is 1. The Balaban J connectivity index is 1.77. The topological polar surface area (TPSA) is 77.0 Å². The second-order valence-corrected chi connectivity index (χ2v) is 5.93. The molecule has 0 aliphatic heterocycles. The van der Waals surface area contributed by atoms with Gasteiger partial charge < -0.3 is 10.1 Å². The maximum Gasteiger partial charge on any atom is 0.342 e. The standard InChI is InChI=1S/C15H10ClFN4O2S/c16-13-12(20-21-24-13)8-23-15(22)9-4-3-7-18-14(9)19-11-6-2-1-5-10(11)17/h1-7H,8H2,(H,18,19). The van der Waals surface area contributed by atoms with Gasteiger partial charge in [0.2, 0.25) is 0 Å². The number of halogens is 2. The number of esters is 1. The first-order valence-corrected chi connectivity index (χ1v) is 7.90. The molecule has 0 amide bonds. The molecule has 24 heavy (non-hydrogen) atoms. The van der Waals surface area contributed by atoms with Crippen molar-refractivity contribution in [2.24, 2.45) is 0 Å². The van der Waals surface area contributed by atoms with Crippen LogP contribution >= 0.6 is 23.1 Å². The Kier molecular flexibility index (Phi) is 4.97. The Hall–Kier alpha value is -2.58. The van der Waals surface area contributed by atoms with Gasteiger partial charge in [-0.15, -0.1) is 5.10 Å². The number of rotatable bonds is 5. The van der Waals surface area contributed by atoms with Crippen LogP contribution < -0.4 is 5.32 Å². The number of anilines is 2. The van der Waals surface area contributed by atoms with Crippen LogP contribution in [0.3, 0.4) is 0 Å². The van der Waals surface area contributed by atoms with Crippen molar-refractivity contribution in [2.45, 2.75) is 6.61 Å². The molecule has 3 aromatic rings. The summed E-state index contributed by atoms with van der Waals surface area (Å²) in [6.07, 6.45) is 1.49. The first-order chi connectivity index (χ1) is 11.6. The molecule has 0 atom stereocenters. The Morgan fingerprint density at radius 2 is 2.12 bits per heavy atom. The summed E-state index contributed by atoms with van der Waals surface area (Å²) in [5.74, 6) is -0.899. The van der Waals surface area contributed by atoms with Crippen LogP contribution in [0.2, 0.25) is 4.34 Å². The molecule has 6 nitrogen and oxygen atoms in total. The van der Waals surface area contributed by atoms with Crippen LogP contribution in [0.25, 0.3) is 0 Å². The summed E-state index contributed by atoms with van der Waals surface area (Å²) in [7, 11) is 0. The Bertz CT molecular complexity index is 874. The number of ether oxygens (including phenoxy) is 1. The van der Waals surface area contributed by atoms with E-state index in [-0.39, 0.29) is 23.7 Å². The number of nitrogens with zero attached hydrogens (tertiary/aromatic N) is 3. The van der Waals surface area contributed by atoms with Crippen LogP contribution in [-0.2, 0) is 11.3 Å². The number of para-hydroxylation sites is 1. The van der Waals surface area contributed by atoms with Crippen molar-refractivity contribution >= 4 is 40.6 Å². The molecule has 3 rings (SSSR count). The highest BCUT2D eigenvalue weighted by Crippen LogP contribution is 2.23. The van der Waals surface area contributed by atoms with Gasteiger partial charge in [0.15, 0.2) is 0 Å². The van der Waals surface area contributed by atoms with Crippen molar-refractivity contribution in [1.82, 2.24) is 14.6 Å². The van der Waals surface area contributed by atoms with Crippen molar-refractivity contribution in [3.8, 4) is 0 Å². The molecule has 0 saturated heterocycles. The average Bonchev–Trinajstić information content (AvgIpc) is 3.00. The molecule has 1 N–H and O–H groups in total. The third kappa shape index (κ3) is 3.66. The average molecular weight is 365 g/mol. The van der Waals surface area contributed by atoms with Crippen molar-refractivity contribution in [2.75, 3.05) is 5.32 Å². The molecule has 0 radical (unpaired) electrons. The largest absolute Gasteiger partial charge is 0.455 e. The zero-order chi connectivity index (χ0) is 16.9. The van der Waals surface area contributed by atoms with Gasteiger partial charge in [-0.1, -0.05) is 28.2 Å². The van der Waals surface area contributed by atoms with Crippen LogP contribution in [0, 0.1) is 5.82 Å². The summed E-state index contributed by atoms with van der Waals surface area (Å²) in [6.45, 7) is -0.109. The second kappa shape index (κ2) is 7.33. The molecular formula is C15H10ClFN4O2S. The molecule has 1 aromatic carbocycles. The van der Waals surface area contributed by atoms with Crippen LogP contribution in [-0.4, -0.2) is 20.5 Å². The van der Waals surface area contributed by atoms with E-state index >= 15 is 0 Å². The number of aromatic nitrogens is 3. The number of hydrogen-bond donors (Lipinski definition) is 1. The highest BCUT2D eigenvalue weighted by Gasteiger charge is 2.16. The fraction of sp³-hybridized carbons (Fsp3) is 0.0667. The SMILES string of the molecule is O=C(OCc1nnsc1Cl)c1cccnc1Nc1ccccc1F. The zero-order valence-electron chi connectivity index (χ0n) is 12.1. The highest BCUT2D eigenvalue weighted by molar-refractivity contribution is 7.10. The van der Waals surface area contributed by atoms with Crippen LogP contribution in [0.4, 0.5) is 15.9 Å². The molecule has 122 valence electrons. The van der Waals surface area contributed by atoms with Gasteiger partial charge in [0, 0.05) is 17.7 Å².